The Hall–Kier alpha value is -3.76. The van der Waals surface area contributed by atoms with Gasteiger partial charge in [-0.05, 0) is 24.3 Å². The lowest BCUT2D eigenvalue weighted by Crippen LogP contribution is -2.56. The van der Waals surface area contributed by atoms with E-state index < -0.39 is 0 Å². The number of aromatic nitrogens is 5. The summed E-state index contributed by atoms with van der Waals surface area (Å²) in [4.78, 5) is 22.5. The zero-order valence-corrected chi connectivity index (χ0v) is 18.1. The van der Waals surface area contributed by atoms with Crippen molar-refractivity contribution in [1.82, 2.24) is 29.2 Å². The second-order valence-electron chi connectivity index (χ2n) is 8.33. The highest BCUT2D eigenvalue weighted by atomic mass is 16.5. The fourth-order valence-corrected chi connectivity index (χ4v) is 4.37. The van der Waals surface area contributed by atoms with Crippen molar-refractivity contribution in [3.63, 3.8) is 0 Å². The molecule has 10 nitrogen and oxygen atoms in total. The van der Waals surface area contributed by atoms with E-state index in [1.807, 2.05) is 10.6 Å². The van der Waals surface area contributed by atoms with Crippen LogP contribution in [0.3, 0.4) is 0 Å². The Morgan fingerprint density at radius 2 is 1.79 bits per heavy atom. The molecular weight excluding hydrogens is 418 g/mol. The first-order chi connectivity index (χ1) is 16.2. The number of hydrogen-bond acceptors (Lipinski definition) is 9. The van der Waals surface area contributed by atoms with E-state index in [0.717, 1.165) is 50.8 Å². The molecule has 10 heteroatoms. The van der Waals surface area contributed by atoms with Crippen molar-refractivity contribution in [3.8, 4) is 11.4 Å². The standard InChI is InChI=1S/C23H25N9O/c24-21-13-25-11-19(29-21)20-12-27-22(23-26-5-6-32(20)23)28-16-1-3-17(4-2-16)30-7-9-31(10-8-30)18-14-33-15-18/h1-6,11-13,18H,7-10,14-15H2,(H2,24,29)(H,27,28). The van der Waals surface area contributed by atoms with Crippen molar-refractivity contribution in [1.29, 1.82) is 0 Å². The molecule has 2 aliphatic heterocycles. The fourth-order valence-electron chi connectivity index (χ4n) is 4.37. The number of fused-ring (bicyclic) bond motifs is 1. The third kappa shape index (κ3) is 3.83. The van der Waals surface area contributed by atoms with Gasteiger partial charge >= 0.3 is 0 Å². The van der Waals surface area contributed by atoms with Crippen molar-refractivity contribution in [2.45, 2.75) is 6.04 Å². The van der Waals surface area contributed by atoms with Crippen molar-refractivity contribution in [3.05, 3.63) is 55.2 Å². The summed E-state index contributed by atoms with van der Waals surface area (Å²) in [5, 5.41) is 3.39. The van der Waals surface area contributed by atoms with Crippen LogP contribution in [0.1, 0.15) is 0 Å². The molecule has 2 aliphatic rings. The van der Waals surface area contributed by atoms with Crippen LogP contribution in [0.4, 0.5) is 23.0 Å². The van der Waals surface area contributed by atoms with Crippen molar-refractivity contribution in [2.24, 2.45) is 0 Å². The number of imidazole rings is 1. The SMILES string of the molecule is Nc1cncc(-c2cnc(Nc3ccc(N4CCN(C5COC5)CC4)cc3)c3nccn23)n1. The number of ether oxygens (including phenoxy) is 1. The van der Waals surface area contributed by atoms with E-state index in [2.05, 4.69) is 59.3 Å². The summed E-state index contributed by atoms with van der Waals surface area (Å²) in [6, 6.07) is 9.09. The molecule has 0 amide bonds. The molecular formula is C23H25N9O. The van der Waals surface area contributed by atoms with Gasteiger partial charge in [0.1, 0.15) is 11.5 Å². The van der Waals surface area contributed by atoms with Crippen LogP contribution in [0.2, 0.25) is 0 Å². The van der Waals surface area contributed by atoms with E-state index in [1.54, 1.807) is 18.6 Å². The number of benzene rings is 1. The summed E-state index contributed by atoms with van der Waals surface area (Å²) in [5.74, 6) is 1.03. The molecule has 0 spiro atoms. The minimum atomic E-state index is 0.363. The molecule has 168 valence electrons. The van der Waals surface area contributed by atoms with Gasteiger partial charge in [-0.15, -0.1) is 0 Å². The Balaban J connectivity index is 1.18. The number of hydrogen-bond donors (Lipinski definition) is 2. The molecule has 4 aromatic rings. The van der Waals surface area contributed by atoms with Gasteiger partial charge in [0.15, 0.2) is 11.5 Å². The normalized spacial score (nSPS) is 17.3. The Morgan fingerprint density at radius 1 is 0.970 bits per heavy atom. The van der Waals surface area contributed by atoms with Crippen LogP contribution in [0.25, 0.3) is 17.0 Å². The molecule has 2 saturated heterocycles. The zero-order chi connectivity index (χ0) is 22.2. The lowest BCUT2D eigenvalue weighted by Gasteiger charge is -2.43. The minimum absolute atomic E-state index is 0.363. The molecule has 0 atom stereocenters. The van der Waals surface area contributed by atoms with Gasteiger partial charge < -0.3 is 20.7 Å². The van der Waals surface area contributed by atoms with E-state index in [0.29, 0.717) is 29.0 Å². The molecule has 6 rings (SSSR count). The topological polar surface area (TPSA) is 110 Å². The largest absolute Gasteiger partial charge is 0.382 e. The van der Waals surface area contributed by atoms with Crippen LogP contribution in [-0.4, -0.2) is 74.7 Å². The Labute approximate surface area is 191 Å². The number of nitrogens with one attached hydrogen (secondary N) is 1. The smallest absolute Gasteiger partial charge is 0.180 e. The van der Waals surface area contributed by atoms with Gasteiger partial charge in [-0.1, -0.05) is 0 Å². The maximum Gasteiger partial charge on any atom is 0.180 e. The van der Waals surface area contributed by atoms with Crippen molar-refractivity contribution in [2.75, 3.05) is 55.3 Å². The average molecular weight is 444 g/mol. The van der Waals surface area contributed by atoms with Crippen LogP contribution in [0.15, 0.2) is 55.2 Å². The monoisotopic (exact) mass is 443 g/mol. The lowest BCUT2D eigenvalue weighted by molar-refractivity contribution is -0.0660. The molecule has 1 aromatic carbocycles. The van der Waals surface area contributed by atoms with E-state index >= 15 is 0 Å². The summed E-state index contributed by atoms with van der Waals surface area (Å²) in [6.07, 6.45) is 8.55. The van der Waals surface area contributed by atoms with Gasteiger partial charge in [0.05, 0.1) is 43.5 Å². The molecule has 0 radical (unpaired) electrons. The first kappa shape index (κ1) is 19.9. The third-order valence-electron chi connectivity index (χ3n) is 6.29. The van der Waals surface area contributed by atoms with Gasteiger partial charge in [-0.2, -0.15) is 0 Å². The van der Waals surface area contributed by atoms with Crippen LogP contribution in [0.5, 0.6) is 0 Å². The quantitative estimate of drug-likeness (QED) is 0.479. The average Bonchev–Trinajstić information content (AvgIpc) is 3.30. The predicted octanol–water partition coefficient (Wildman–Crippen LogP) is 2.03. The molecule has 3 aromatic heterocycles. The van der Waals surface area contributed by atoms with E-state index in [4.69, 9.17) is 10.5 Å². The molecule has 3 N–H and O–H groups in total. The minimum Gasteiger partial charge on any atom is -0.382 e. The number of nitrogens with two attached hydrogens (primary N) is 1. The Kier molecular flexibility index (Phi) is 5.00. The number of anilines is 4. The summed E-state index contributed by atoms with van der Waals surface area (Å²) in [7, 11) is 0. The van der Waals surface area contributed by atoms with Gasteiger partial charge in [-0.25, -0.2) is 15.0 Å². The fraction of sp³-hybridized carbons (Fsp3) is 0.304. The van der Waals surface area contributed by atoms with Gasteiger partial charge in [-0.3, -0.25) is 14.3 Å². The van der Waals surface area contributed by atoms with E-state index in [9.17, 15) is 0 Å². The number of nitrogens with zero attached hydrogens (tertiary/aromatic N) is 7. The maximum atomic E-state index is 5.80. The predicted molar refractivity (Wildman–Crippen MR) is 127 cm³/mol. The molecule has 0 saturated carbocycles. The highest BCUT2D eigenvalue weighted by Gasteiger charge is 2.28. The highest BCUT2D eigenvalue weighted by molar-refractivity contribution is 5.74. The van der Waals surface area contributed by atoms with Crippen LogP contribution in [0, 0.1) is 0 Å². The first-order valence-corrected chi connectivity index (χ1v) is 11.1. The lowest BCUT2D eigenvalue weighted by atomic mass is 10.1. The summed E-state index contributed by atoms with van der Waals surface area (Å²) >= 11 is 0. The van der Waals surface area contributed by atoms with Crippen LogP contribution in [-0.2, 0) is 4.74 Å². The molecule has 0 aliphatic carbocycles. The first-order valence-electron chi connectivity index (χ1n) is 11.1. The van der Waals surface area contributed by atoms with Crippen LogP contribution >= 0.6 is 0 Å². The van der Waals surface area contributed by atoms with Crippen LogP contribution < -0.4 is 16.0 Å². The highest BCUT2D eigenvalue weighted by Crippen LogP contribution is 2.26. The summed E-state index contributed by atoms with van der Waals surface area (Å²) in [6.45, 7) is 6.00. The molecule has 2 fully saturated rings. The summed E-state index contributed by atoms with van der Waals surface area (Å²) in [5.41, 5.74) is 10.1. The third-order valence-corrected chi connectivity index (χ3v) is 6.29. The maximum absolute atomic E-state index is 5.80. The van der Waals surface area contributed by atoms with Gasteiger partial charge in [0.25, 0.3) is 0 Å². The number of piperazine rings is 1. The molecule has 5 heterocycles. The molecule has 33 heavy (non-hydrogen) atoms. The Morgan fingerprint density at radius 3 is 2.52 bits per heavy atom. The zero-order valence-electron chi connectivity index (χ0n) is 18.1. The second-order valence-corrected chi connectivity index (χ2v) is 8.33. The number of rotatable bonds is 5. The summed E-state index contributed by atoms with van der Waals surface area (Å²) < 4.78 is 7.26. The van der Waals surface area contributed by atoms with Gasteiger partial charge in [0.2, 0.25) is 0 Å². The number of nitrogen functional groups attached to an aromatic ring is 1. The van der Waals surface area contributed by atoms with E-state index in [1.165, 1.54) is 11.9 Å². The Bertz CT molecular complexity index is 1260. The van der Waals surface area contributed by atoms with Crippen molar-refractivity contribution >= 4 is 28.7 Å². The molecule has 0 unspecified atom stereocenters. The van der Waals surface area contributed by atoms with E-state index in [-0.39, 0.29) is 0 Å². The second kappa shape index (κ2) is 8.30. The van der Waals surface area contributed by atoms with Crippen molar-refractivity contribution < 1.29 is 4.74 Å². The molecule has 0 bridgehead atoms. The van der Waals surface area contributed by atoms with Gasteiger partial charge in [0, 0.05) is 49.9 Å².